The molecule has 0 aliphatic carbocycles. The maximum atomic E-state index is 12.8. The van der Waals surface area contributed by atoms with Gasteiger partial charge >= 0.3 is 0 Å². The quantitative estimate of drug-likeness (QED) is 0.301. The van der Waals surface area contributed by atoms with Crippen molar-refractivity contribution in [3.05, 3.63) is 119 Å². The minimum absolute atomic E-state index is 0.0464. The average Bonchev–Trinajstić information content (AvgIpc) is 2.85. The van der Waals surface area contributed by atoms with E-state index in [1.807, 2.05) is 31.2 Å². The van der Waals surface area contributed by atoms with Crippen LogP contribution in [0.25, 0.3) is 0 Å². The highest BCUT2D eigenvalue weighted by Gasteiger charge is 2.17. The van der Waals surface area contributed by atoms with E-state index in [1.54, 1.807) is 60.7 Å². The molecule has 33 heavy (non-hydrogen) atoms. The van der Waals surface area contributed by atoms with E-state index in [0.29, 0.717) is 22.6 Å². The van der Waals surface area contributed by atoms with Crippen LogP contribution in [0.15, 0.2) is 107 Å². The highest BCUT2D eigenvalue weighted by molar-refractivity contribution is 7.91. The number of ketones is 1. The zero-order chi connectivity index (χ0) is 23.4. The van der Waals surface area contributed by atoms with E-state index < -0.39 is 9.84 Å². The molecule has 5 heteroatoms. The van der Waals surface area contributed by atoms with Crippen LogP contribution in [0.5, 0.6) is 11.5 Å². The Balaban J connectivity index is 1.46. The third-order valence-electron chi connectivity index (χ3n) is 5.44. The van der Waals surface area contributed by atoms with E-state index >= 15 is 0 Å². The van der Waals surface area contributed by atoms with E-state index in [2.05, 4.69) is 6.92 Å². The number of aryl methyl sites for hydroxylation is 2. The lowest BCUT2D eigenvalue weighted by Gasteiger charge is -2.09. The van der Waals surface area contributed by atoms with E-state index in [9.17, 15) is 13.2 Å². The minimum atomic E-state index is -3.58. The number of rotatable bonds is 7. The smallest absolute Gasteiger partial charge is 0.206 e. The Morgan fingerprint density at radius 3 is 1.58 bits per heavy atom. The number of carbonyl (C=O) groups is 1. The summed E-state index contributed by atoms with van der Waals surface area (Å²) in [6, 6.07) is 27.6. The zero-order valence-electron chi connectivity index (χ0n) is 18.5. The van der Waals surface area contributed by atoms with E-state index in [-0.39, 0.29) is 15.6 Å². The molecule has 0 bridgehead atoms. The van der Waals surface area contributed by atoms with Crippen LogP contribution in [0.1, 0.15) is 34.0 Å². The third kappa shape index (κ3) is 5.04. The van der Waals surface area contributed by atoms with E-state index in [1.165, 1.54) is 17.7 Å². The van der Waals surface area contributed by atoms with Gasteiger partial charge in [-0.1, -0.05) is 48.9 Å². The lowest BCUT2D eigenvalue weighted by Crippen LogP contribution is -2.02. The van der Waals surface area contributed by atoms with Crippen molar-refractivity contribution in [2.45, 2.75) is 30.1 Å². The lowest BCUT2D eigenvalue weighted by atomic mass is 10.0. The van der Waals surface area contributed by atoms with Gasteiger partial charge in [-0.25, -0.2) is 8.42 Å². The third-order valence-corrected chi connectivity index (χ3v) is 7.23. The molecule has 166 valence electrons. The molecule has 0 fully saturated rings. The predicted octanol–water partition coefficient (Wildman–Crippen LogP) is 6.41. The SMILES string of the molecule is CCc1ccc(C(=O)c2ccc(Oc3ccc(S(=O)(=O)c4ccc(C)cc4)cc3)cc2)cc1. The molecule has 0 saturated carbocycles. The zero-order valence-corrected chi connectivity index (χ0v) is 19.3. The van der Waals surface area contributed by atoms with Gasteiger partial charge in [0.25, 0.3) is 0 Å². The number of hydrogen-bond acceptors (Lipinski definition) is 4. The highest BCUT2D eigenvalue weighted by Crippen LogP contribution is 2.27. The van der Waals surface area contributed by atoms with Crippen molar-refractivity contribution in [1.82, 2.24) is 0 Å². The first-order chi connectivity index (χ1) is 15.9. The first-order valence-corrected chi connectivity index (χ1v) is 12.2. The largest absolute Gasteiger partial charge is 0.457 e. The molecule has 0 aliphatic rings. The van der Waals surface area contributed by atoms with Crippen LogP contribution in [0.4, 0.5) is 0 Å². The Bertz CT molecular complexity index is 1350. The Labute approximate surface area is 194 Å². The second-order valence-electron chi connectivity index (χ2n) is 7.79. The molecule has 0 radical (unpaired) electrons. The van der Waals surface area contributed by atoms with Gasteiger partial charge in [0.05, 0.1) is 9.79 Å². The van der Waals surface area contributed by atoms with Crippen molar-refractivity contribution in [2.24, 2.45) is 0 Å². The van der Waals surface area contributed by atoms with Gasteiger partial charge in [-0.15, -0.1) is 0 Å². The molecule has 0 unspecified atom stereocenters. The molecule has 4 rings (SSSR count). The van der Waals surface area contributed by atoms with Gasteiger partial charge in [-0.3, -0.25) is 4.79 Å². The summed E-state index contributed by atoms with van der Waals surface area (Å²) in [5.74, 6) is 1.02. The molecular formula is C28H24O4S. The van der Waals surface area contributed by atoms with Gasteiger partial charge in [0, 0.05) is 11.1 Å². The summed E-state index contributed by atoms with van der Waals surface area (Å²) in [5, 5.41) is 0. The summed E-state index contributed by atoms with van der Waals surface area (Å²) >= 11 is 0. The molecule has 0 amide bonds. The van der Waals surface area contributed by atoms with Crippen molar-refractivity contribution >= 4 is 15.6 Å². The second-order valence-corrected chi connectivity index (χ2v) is 9.74. The van der Waals surface area contributed by atoms with Gasteiger partial charge in [-0.05, 0) is 79.6 Å². The van der Waals surface area contributed by atoms with Gasteiger partial charge in [0.1, 0.15) is 11.5 Å². The molecule has 4 nitrogen and oxygen atoms in total. The Hall–Kier alpha value is -3.70. The monoisotopic (exact) mass is 456 g/mol. The normalized spacial score (nSPS) is 11.2. The van der Waals surface area contributed by atoms with Crippen molar-refractivity contribution in [1.29, 1.82) is 0 Å². The number of carbonyl (C=O) groups excluding carboxylic acids is 1. The van der Waals surface area contributed by atoms with Crippen molar-refractivity contribution in [3.63, 3.8) is 0 Å². The molecule has 4 aromatic carbocycles. The van der Waals surface area contributed by atoms with Crippen LogP contribution in [-0.2, 0) is 16.3 Å². The molecule has 4 aromatic rings. The summed E-state index contributed by atoms with van der Waals surface area (Å²) in [6.07, 6.45) is 0.930. The predicted molar refractivity (Wildman–Crippen MR) is 129 cm³/mol. The fourth-order valence-corrected chi connectivity index (χ4v) is 4.67. The Morgan fingerprint density at radius 2 is 1.09 bits per heavy atom. The Kier molecular flexibility index (Phi) is 6.43. The molecule has 0 spiro atoms. The number of ether oxygens (including phenoxy) is 1. The van der Waals surface area contributed by atoms with Gasteiger partial charge in [0.15, 0.2) is 5.78 Å². The van der Waals surface area contributed by atoms with Crippen molar-refractivity contribution in [2.75, 3.05) is 0 Å². The summed E-state index contributed by atoms with van der Waals surface area (Å²) in [6.45, 7) is 3.99. The molecule has 0 heterocycles. The van der Waals surface area contributed by atoms with E-state index in [4.69, 9.17) is 4.74 Å². The van der Waals surface area contributed by atoms with Gasteiger partial charge < -0.3 is 4.74 Å². The lowest BCUT2D eigenvalue weighted by molar-refractivity contribution is 0.103. The van der Waals surface area contributed by atoms with Crippen LogP contribution < -0.4 is 4.74 Å². The molecule has 0 atom stereocenters. The summed E-state index contributed by atoms with van der Waals surface area (Å²) in [4.78, 5) is 13.1. The summed E-state index contributed by atoms with van der Waals surface area (Å²) in [7, 11) is -3.58. The molecule has 0 aliphatic heterocycles. The van der Waals surface area contributed by atoms with Crippen LogP contribution in [0.3, 0.4) is 0 Å². The average molecular weight is 457 g/mol. The first-order valence-electron chi connectivity index (χ1n) is 10.7. The van der Waals surface area contributed by atoms with Crippen LogP contribution in [0.2, 0.25) is 0 Å². The number of benzene rings is 4. The molecule has 0 saturated heterocycles. The highest BCUT2D eigenvalue weighted by atomic mass is 32.2. The second kappa shape index (κ2) is 9.43. The number of sulfone groups is 1. The fourth-order valence-electron chi connectivity index (χ4n) is 3.41. The molecule has 0 N–H and O–H groups in total. The maximum absolute atomic E-state index is 12.8. The van der Waals surface area contributed by atoms with Gasteiger partial charge in [0.2, 0.25) is 9.84 Å². The van der Waals surface area contributed by atoms with Crippen LogP contribution in [0, 0.1) is 6.92 Å². The molecule has 0 aromatic heterocycles. The number of hydrogen-bond donors (Lipinski definition) is 0. The minimum Gasteiger partial charge on any atom is -0.457 e. The van der Waals surface area contributed by atoms with Crippen molar-refractivity contribution < 1.29 is 17.9 Å². The topological polar surface area (TPSA) is 60.4 Å². The maximum Gasteiger partial charge on any atom is 0.206 e. The fraction of sp³-hybridized carbons (Fsp3) is 0.107. The van der Waals surface area contributed by atoms with Gasteiger partial charge in [-0.2, -0.15) is 0 Å². The standard InChI is InChI=1S/C28H24O4S/c1-3-21-6-8-22(9-7-21)28(29)23-10-12-24(13-11-23)32-25-14-18-27(19-15-25)33(30,31)26-16-4-20(2)5-17-26/h4-19H,3H2,1-2H3. The summed E-state index contributed by atoms with van der Waals surface area (Å²) in [5.41, 5.74) is 3.41. The van der Waals surface area contributed by atoms with Crippen LogP contribution in [-0.4, -0.2) is 14.2 Å². The van der Waals surface area contributed by atoms with Crippen LogP contribution >= 0.6 is 0 Å². The first kappa shape index (κ1) is 22.5. The summed E-state index contributed by atoms with van der Waals surface area (Å²) < 4.78 is 31.4. The van der Waals surface area contributed by atoms with E-state index in [0.717, 1.165) is 12.0 Å². The molecular weight excluding hydrogens is 432 g/mol. The Morgan fingerprint density at radius 1 is 0.667 bits per heavy atom. The van der Waals surface area contributed by atoms with Crippen molar-refractivity contribution in [3.8, 4) is 11.5 Å².